The first-order valence-corrected chi connectivity index (χ1v) is 9.38. The van der Waals surface area contributed by atoms with E-state index in [9.17, 15) is 9.59 Å². The molecule has 4 rings (SSSR count). The van der Waals surface area contributed by atoms with Crippen molar-refractivity contribution >= 4 is 22.6 Å². The smallest absolute Gasteiger partial charge is 0.272 e. The number of benzene rings is 2. The standard InChI is InChI=1S/C23H22N2O2/c1-16-6-8-18(9-7-16)22(26)19-12-14-25(15-13-19)23(27)21-11-10-17-4-2-3-5-20(17)24-21/h2-11,19H,12-15H2,1H3. The predicted octanol–water partition coefficient (Wildman–Crippen LogP) is 4.28. The van der Waals surface area contributed by atoms with Crippen molar-refractivity contribution in [1.29, 1.82) is 0 Å². The number of hydrogen-bond donors (Lipinski definition) is 0. The largest absolute Gasteiger partial charge is 0.337 e. The third-order valence-electron chi connectivity index (χ3n) is 5.31. The van der Waals surface area contributed by atoms with E-state index in [1.165, 1.54) is 0 Å². The van der Waals surface area contributed by atoms with E-state index in [-0.39, 0.29) is 17.6 Å². The van der Waals surface area contributed by atoms with Gasteiger partial charge in [-0.3, -0.25) is 9.59 Å². The van der Waals surface area contributed by atoms with Crippen LogP contribution in [0, 0.1) is 12.8 Å². The normalized spacial score (nSPS) is 15.1. The SMILES string of the molecule is Cc1ccc(C(=O)C2CCN(C(=O)c3ccc4ccccc4n3)CC2)cc1. The Morgan fingerprint density at radius 2 is 1.63 bits per heavy atom. The molecule has 3 aromatic rings. The van der Waals surface area contributed by atoms with Gasteiger partial charge < -0.3 is 4.90 Å². The predicted molar refractivity (Wildman–Crippen MR) is 106 cm³/mol. The topological polar surface area (TPSA) is 50.3 Å². The van der Waals surface area contributed by atoms with Crippen LogP contribution in [0.2, 0.25) is 0 Å². The maximum absolute atomic E-state index is 12.8. The lowest BCUT2D eigenvalue weighted by atomic mass is 9.88. The number of hydrogen-bond acceptors (Lipinski definition) is 3. The van der Waals surface area contributed by atoms with Crippen LogP contribution in [0.1, 0.15) is 39.3 Å². The van der Waals surface area contributed by atoms with Gasteiger partial charge in [-0.05, 0) is 31.9 Å². The van der Waals surface area contributed by atoms with Crippen LogP contribution in [0.25, 0.3) is 10.9 Å². The monoisotopic (exact) mass is 358 g/mol. The Bertz CT molecular complexity index is 987. The number of rotatable bonds is 3. The van der Waals surface area contributed by atoms with E-state index in [1.54, 1.807) is 6.07 Å². The molecule has 27 heavy (non-hydrogen) atoms. The number of aromatic nitrogens is 1. The van der Waals surface area contributed by atoms with Crippen LogP contribution in [0.15, 0.2) is 60.7 Å². The summed E-state index contributed by atoms with van der Waals surface area (Å²) in [6.45, 7) is 3.20. The molecule has 0 saturated carbocycles. The van der Waals surface area contributed by atoms with E-state index in [4.69, 9.17) is 0 Å². The quantitative estimate of drug-likeness (QED) is 0.657. The molecule has 2 aromatic carbocycles. The third kappa shape index (κ3) is 3.61. The van der Waals surface area contributed by atoms with Crippen LogP contribution in [0.5, 0.6) is 0 Å². The number of likely N-dealkylation sites (tertiary alicyclic amines) is 1. The fourth-order valence-electron chi connectivity index (χ4n) is 3.65. The molecule has 0 unspecified atom stereocenters. The number of para-hydroxylation sites is 1. The summed E-state index contributed by atoms with van der Waals surface area (Å²) in [6.07, 6.45) is 1.40. The molecule has 4 heteroatoms. The number of ketones is 1. The van der Waals surface area contributed by atoms with Crippen molar-refractivity contribution in [3.63, 3.8) is 0 Å². The molecule has 1 amide bonds. The van der Waals surface area contributed by atoms with E-state index in [1.807, 2.05) is 66.4 Å². The highest BCUT2D eigenvalue weighted by Gasteiger charge is 2.28. The maximum atomic E-state index is 12.8. The molecule has 0 spiro atoms. The van der Waals surface area contributed by atoms with Gasteiger partial charge in [-0.1, -0.05) is 54.1 Å². The Morgan fingerprint density at radius 1 is 0.926 bits per heavy atom. The first-order chi connectivity index (χ1) is 13.1. The molecule has 1 fully saturated rings. The van der Waals surface area contributed by atoms with Crippen LogP contribution in [-0.2, 0) is 0 Å². The minimum absolute atomic E-state index is 0.0127. The number of Topliss-reactive ketones (excluding diaryl/α,β-unsaturated/α-hetero) is 1. The van der Waals surface area contributed by atoms with Gasteiger partial charge in [0.05, 0.1) is 5.52 Å². The lowest BCUT2D eigenvalue weighted by Crippen LogP contribution is -2.40. The highest BCUT2D eigenvalue weighted by Crippen LogP contribution is 2.23. The van der Waals surface area contributed by atoms with E-state index in [0.717, 1.165) is 22.0 Å². The Kier molecular flexibility index (Phi) is 4.71. The molecule has 4 nitrogen and oxygen atoms in total. The van der Waals surface area contributed by atoms with Crippen molar-refractivity contribution in [3.05, 3.63) is 77.5 Å². The molecule has 1 aliphatic heterocycles. The summed E-state index contributed by atoms with van der Waals surface area (Å²) in [4.78, 5) is 31.8. The Balaban J connectivity index is 1.42. The van der Waals surface area contributed by atoms with Crippen LogP contribution < -0.4 is 0 Å². The lowest BCUT2D eigenvalue weighted by Gasteiger charge is -2.31. The maximum Gasteiger partial charge on any atom is 0.272 e. The molecule has 136 valence electrons. The van der Waals surface area contributed by atoms with Gasteiger partial charge in [0, 0.05) is 30.0 Å². The number of carbonyl (C=O) groups is 2. The number of aryl methyl sites for hydroxylation is 1. The molecular formula is C23H22N2O2. The Morgan fingerprint density at radius 3 is 2.37 bits per heavy atom. The number of carbonyl (C=O) groups excluding carboxylic acids is 2. The number of nitrogens with zero attached hydrogens (tertiary/aromatic N) is 2. The van der Waals surface area contributed by atoms with Crippen molar-refractivity contribution in [1.82, 2.24) is 9.88 Å². The summed E-state index contributed by atoms with van der Waals surface area (Å²) in [5.41, 5.74) is 3.21. The lowest BCUT2D eigenvalue weighted by molar-refractivity contribution is 0.0646. The highest BCUT2D eigenvalue weighted by molar-refractivity contribution is 5.98. The molecule has 0 radical (unpaired) electrons. The summed E-state index contributed by atoms with van der Waals surface area (Å²) in [7, 11) is 0. The zero-order valence-corrected chi connectivity index (χ0v) is 15.4. The molecule has 0 atom stereocenters. The first-order valence-electron chi connectivity index (χ1n) is 9.38. The van der Waals surface area contributed by atoms with E-state index < -0.39 is 0 Å². The second-order valence-electron chi connectivity index (χ2n) is 7.19. The fourth-order valence-corrected chi connectivity index (χ4v) is 3.65. The number of amides is 1. The molecule has 0 N–H and O–H groups in total. The minimum Gasteiger partial charge on any atom is -0.337 e. The van der Waals surface area contributed by atoms with Crippen molar-refractivity contribution < 1.29 is 9.59 Å². The van der Waals surface area contributed by atoms with Gasteiger partial charge in [0.25, 0.3) is 5.91 Å². The van der Waals surface area contributed by atoms with Crippen molar-refractivity contribution in [2.24, 2.45) is 5.92 Å². The van der Waals surface area contributed by atoms with E-state index in [0.29, 0.717) is 31.6 Å². The molecule has 1 aromatic heterocycles. The van der Waals surface area contributed by atoms with Crippen LogP contribution in [-0.4, -0.2) is 34.7 Å². The number of fused-ring (bicyclic) bond motifs is 1. The number of pyridine rings is 1. The Hall–Kier alpha value is -3.01. The molecule has 1 aliphatic rings. The van der Waals surface area contributed by atoms with Gasteiger partial charge in [0.15, 0.2) is 5.78 Å². The van der Waals surface area contributed by atoms with Crippen molar-refractivity contribution in [3.8, 4) is 0 Å². The fraction of sp³-hybridized carbons (Fsp3) is 0.261. The van der Waals surface area contributed by atoms with Crippen LogP contribution in [0.3, 0.4) is 0 Å². The zero-order valence-electron chi connectivity index (χ0n) is 15.4. The molecule has 1 saturated heterocycles. The van der Waals surface area contributed by atoms with E-state index >= 15 is 0 Å². The highest BCUT2D eigenvalue weighted by atomic mass is 16.2. The van der Waals surface area contributed by atoms with Crippen molar-refractivity contribution in [2.45, 2.75) is 19.8 Å². The summed E-state index contributed by atoms with van der Waals surface area (Å²) >= 11 is 0. The van der Waals surface area contributed by atoms with Gasteiger partial charge in [0.1, 0.15) is 5.69 Å². The van der Waals surface area contributed by atoms with Gasteiger partial charge in [0.2, 0.25) is 0 Å². The third-order valence-corrected chi connectivity index (χ3v) is 5.31. The minimum atomic E-state index is -0.0537. The van der Waals surface area contributed by atoms with Gasteiger partial charge in [-0.15, -0.1) is 0 Å². The van der Waals surface area contributed by atoms with Gasteiger partial charge >= 0.3 is 0 Å². The van der Waals surface area contributed by atoms with Gasteiger partial charge in [-0.25, -0.2) is 4.98 Å². The number of piperidine rings is 1. The average Bonchev–Trinajstić information content (AvgIpc) is 2.73. The van der Waals surface area contributed by atoms with Crippen LogP contribution in [0.4, 0.5) is 0 Å². The summed E-state index contributed by atoms with van der Waals surface area (Å²) in [5, 5.41) is 1.02. The summed E-state index contributed by atoms with van der Waals surface area (Å²) < 4.78 is 0. The van der Waals surface area contributed by atoms with Gasteiger partial charge in [-0.2, -0.15) is 0 Å². The van der Waals surface area contributed by atoms with Crippen molar-refractivity contribution in [2.75, 3.05) is 13.1 Å². The zero-order chi connectivity index (χ0) is 18.8. The first kappa shape index (κ1) is 17.4. The summed E-state index contributed by atoms with van der Waals surface area (Å²) in [6, 6.07) is 19.2. The molecular weight excluding hydrogens is 336 g/mol. The Labute approximate surface area is 158 Å². The molecule has 2 heterocycles. The molecule has 0 aliphatic carbocycles. The van der Waals surface area contributed by atoms with Crippen LogP contribution >= 0.6 is 0 Å². The molecule has 0 bridgehead atoms. The second kappa shape index (κ2) is 7.31. The summed E-state index contributed by atoms with van der Waals surface area (Å²) in [5.74, 6) is 0.120. The van der Waals surface area contributed by atoms with E-state index in [2.05, 4.69) is 4.98 Å². The second-order valence-corrected chi connectivity index (χ2v) is 7.19. The average molecular weight is 358 g/mol.